The van der Waals surface area contributed by atoms with Crippen LogP contribution in [0.3, 0.4) is 0 Å². The molecule has 3 nitrogen and oxygen atoms in total. The molecule has 0 atom stereocenters. The number of imidazole rings is 1. The number of unbranched alkanes of at least 4 members (excludes halogenated alkanes) is 1. The predicted molar refractivity (Wildman–Crippen MR) is 62.4 cm³/mol. The van der Waals surface area contributed by atoms with E-state index in [-0.39, 0.29) is 0 Å². The van der Waals surface area contributed by atoms with Crippen molar-refractivity contribution in [1.82, 2.24) is 9.38 Å². The fourth-order valence-electron chi connectivity index (χ4n) is 1.43. The zero-order valence-corrected chi connectivity index (χ0v) is 10.0. The van der Waals surface area contributed by atoms with Crippen LogP contribution in [-0.4, -0.2) is 16.0 Å². The van der Waals surface area contributed by atoms with Crippen LogP contribution in [0.15, 0.2) is 11.6 Å². The summed E-state index contributed by atoms with van der Waals surface area (Å²) in [4.78, 5) is 5.54. The Hall–Kier alpha value is -0.870. The van der Waals surface area contributed by atoms with E-state index < -0.39 is 0 Å². The molecule has 0 saturated heterocycles. The van der Waals surface area contributed by atoms with E-state index in [1.165, 1.54) is 12.1 Å². The van der Waals surface area contributed by atoms with Crippen LogP contribution < -0.4 is 0 Å². The van der Waals surface area contributed by atoms with Crippen molar-refractivity contribution in [3.05, 3.63) is 23.0 Å². The third kappa shape index (κ3) is 2.38. The lowest BCUT2D eigenvalue weighted by atomic mass is 10.4. The molecule has 0 bridgehead atoms. The minimum Gasteiger partial charge on any atom is -0.375 e. The summed E-state index contributed by atoms with van der Waals surface area (Å²) in [7, 11) is 0. The van der Waals surface area contributed by atoms with E-state index in [2.05, 4.69) is 34.8 Å². The molecule has 82 valence electrons. The van der Waals surface area contributed by atoms with E-state index >= 15 is 0 Å². The lowest BCUT2D eigenvalue weighted by Gasteiger charge is -1.99. The third-order valence-corrected chi connectivity index (χ3v) is 3.29. The van der Waals surface area contributed by atoms with E-state index in [9.17, 15) is 0 Å². The Bertz CT molecular complexity index is 433. The number of aryl methyl sites for hydroxylation is 1. The van der Waals surface area contributed by atoms with Gasteiger partial charge in [-0.1, -0.05) is 13.3 Å². The van der Waals surface area contributed by atoms with Crippen LogP contribution >= 0.6 is 11.3 Å². The first kappa shape index (κ1) is 10.6. The minimum atomic E-state index is 0.633. The quantitative estimate of drug-likeness (QED) is 0.730. The average molecular weight is 224 g/mol. The van der Waals surface area contributed by atoms with Gasteiger partial charge in [-0.25, -0.2) is 4.98 Å². The van der Waals surface area contributed by atoms with Gasteiger partial charge in [-0.05, 0) is 13.3 Å². The molecule has 2 heterocycles. The maximum atomic E-state index is 5.53. The standard InChI is InChI=1S/C11H16N2OS/c1-3-4-5-14-7-10-6-13-9(2)8-15-11(13)12-10/h6,8H,3-5,7H2,1-2H3. The molecule has 0 aliphatic heterocycles. The summed E-state index contributed by atoms with van der Waals surface area (Å²) >= 11 is 1.67. The number of thiazole rings is 1. The van der Waals surface area contributed by atoms with Crippen LogP contribution in [0.1, 0.15) is 31.2 Å². The Labute approximate surface area is 93.7 Å². The summed E-state index contributed by atoms with van der Waals surface area (Å²) in [5.74, 6) is 0. The highest BCUT2D eigenvalue weighted by atomic mass is 32.1. The van der Waals surface area contributed by atoms with Gasteiger partial charge in [0.2, 0.25) is 0 Å². The Morgan fingerprint density at radius 2 is 2.40 bits per heavy atom. The zero-order chi connectivity index (χ0) is 10.7. The van der Waals surface area contributed by atoms with Crippen LogP contribution in [0.25, 0.3) is 4.96 Å². The fraction of sp³-hybridized carbons (Fsp3) is 0.545. The average Bonchev–Trinajstić information content (AvgIpc) is 2.76. The molecule has 2 rings (SSSR count). The molecule has 0 amide bonds. The van der Waals surface area contributed by atoms with Crippen LogP contribution in [0.4, 0.5) is 0 Å². The van der Waals surface area contributed by atoms with Crippen LogP contribution in [-0.2, 0) is 11.3 Å². The number of hydrogen-bond acceptors (Lipinski definition) is 3. The molecule has 0 unspecified atom stereocenters. The highest BCUT2D eigenvalue weighted by molar-refractivity contribution is 7.15. The molecule has 0 aromatic carbocycles. The molecule has 0 fully saturated rings. The highest BCUT2D eigenvalue weighted by Crippen LogP contribution is 2.16. The van der Waals surface area contributed by atoms with Crippen molar-refractivity contribution >= 4 is 16.3 Å². The predicted octanol–water partition coefficient (Wildman–Crippen LogP) is 3.02. The monoisotopic (exact) mass is 224 g/mol. The second-order valence-electron chi connectivity index (χ2n) is 3.67. The van der Waals surface area contributed by atoms with Crippen LogP contribution in [0, 0.1) is 6.92 Å². The minimum absolute atomic E-state index is 0.633. The van der Waals surface area contributed by atoms with Crippen LogP contribution in [0.5, 0.6) is 0 Å². The van der Waals surface area contributed by atoms with Gasteiger partial charge in [0, 0.05) is 23.9 Å². The van der Waals surface area contributed by atoms with Crippen molar-refractivity contribution in [2.45, 2.75) is 33.3 Å². The van der Waals surface area contributed by atoms with E-state index in [4.69, 9.17) is 4.74 Å². The van der Waals surface area contributed by atoms with Crippen molar-refractivity contribution in [3.8, 4) is 0 Å². The Balaban J connectivity index is 1.97. The van der Waals surface area contributed by atoms with Crippen molar-refractivity contribution in [2.75, 3.05) is 6.61 Å². The van der Waals surface area contributed by atoms with Gasteiger partial charge in [-0.3, -0.25) is 4.40 Å². The summed E-state index contributed by atoms with van der Waals surface area (Å²) in [6.45, 7) is 5.72. The molecule has 2 aromatic heterocycles. The van der Waals surface area contributed by atoms with Gasteiger partial charge in [-0.15, -0.1) is 11.3 Å². The number of aromatic nitrogens is 2. The van der Waals surface area contributed by atoms with Crippen molar-refractivity contribution in [1.29, 1.82) is 0 Å². The first-order valence-corrected chi connectivity index (χ1v) is 6.19. The molecule has 0 spiro atoms. The number of rotatable bonds is 5. The molecule has 2 aromatic rings. The van der Waals surface area contributed by atoms with Gasteiger partial charge in [-0.2, -0.15) is 0 Å². The highest BCUT2D eigenvalue weighted by Gasteiger charge is 2.04. The summed E-state index contributed by atoms with van der Waals surface area (Å²) in [6, 6.07) is 0. The first-order valence-electron chi connectivity index (χ1n) is 5.31. The number of ether oxygens (including phenoxy) is 1. The first-order chi connectivity index (χ1) is 7.31. The van der Waals surface area contributed by atoms with Crippen LogP contribution in [0.2, 0.25) is 0 Å². The van der Waals surface area contributed by atoms with E-state index in [1.54, 1.807) is 11.3 Å². The SMILES string of the molecule is CCCCOCc1cn2c(C)csc2n1. The van der Waals surface area contributed by atoms with Gasteiger partial charge >= 0.3 is 0 Å². The topological polar surface area (TPSA) is 26.5 Å². The largest absolute Gasteiger partial charge is 0.375 e. The van der Waals surface area contributed by atoms with Crippen molar-refractivity contribution < 1.29 is 4.74 Å². The molecular formula is C11H16N2OS. The lowest BCUT2D eigenvalue weighted by Crippen LogP contribution is -1.95. The molecule has 0 aliphatic carbocycles. The molecule has 0 saturated carbocycles. The lowest BCUT2D eigenvalue weighted by molar-refractivity contribution is 0.116. The Morgan fingerprint density at radius 1 is 1.53 bits per heavy atom. The number of hydrogen-bond donors (Lipinski definition) is 0. The van der Waals surface area contributed by atoms with E-state index in [0.29, 0.717) is 6.61 Å². The molecule has 4 heteroatoms. The van der Waals surface area contributed by atoms with Crippen molar-refractivity contribution in [2.24, 2.45) is 0 Å². The second kappa shape index (κ2) is 4.77. The van der Waals surface area contributed by atoms with Gasteiger partial charge in [0.05, 0.1) is 12.3 Å². The summed E-state index contributed by atoms with van der Waals surface area (Å²) in [5.41, 5.74) is 2.27. The Kier molecular flexibility index (Phi) is 3.38. The molecular weight excluding hydrogens is 208 g/mol. The zero-order valence-electron chi connectivity index (χ0n) is 9.19. The van der Waals surface area contributed by atoms with Gasteiger partial charge in [0.15, 0.2) is 4.96 Å². The van der Waals surface area contributed by atoms with Gasteiger partial charge < -0.3 is 4.74 Å². The maximum absolute atomic E-state index is 5.53. The molecule has 15 heavy (non-hydrogen) atoms. The number of nitrogens with zero attached hydrogens (tertiary/aromatic N) is 2. The number of fused-ring (bicyclic) bond motifs is 1. The normalized spacial score (nSPS) is 11.3. The molecule has 0 N–H and O–H groups in total. The van der Waals surface area contributed by atoms with E-state index in [0.717, 1.165) is 23.7 Å². The summed E-state index contributed by atoms with van der Waals surface area (Å²) in [6.07, 6.45) is 4.37. The maximum Gasteiger partial charge on any atom is 0.194 e. The summed E-state index contributed by atoms with van der Waals surface area (Å²) < 4.78 is 7.64. The fourth-order valence-corrected chi connectivity index (χ4v) is 2.30. The Morgan fingerprint density at radius 3 is 3.13 bits per heavy atom. The van der Waals surface area contributed by atoms with Crippen molar-refractivity contribution in [3.63, 3.8) is 0 Å². The van der Waals surface area contributed by atoms with Gasteiger partial charge in [0.25, 0.3) is 0 Å². The third-order valence-electron chi connectivity index (χ3n) is 2.33. The summed E-state index contributed by atoms with van der Waals surface area (Å²) in [5, 5.41) is 2.12. The molecule has 0 radical (unpaired) electrons. The van der Waals surface area contributed by atoms with E-state index in [1.807, 2.05) is 0 Å². The smallest absolute Gasteiger partial charge is 0.194 e. The second-order valence-corrected chi connectivity index (χ2v) is 4.50. The molecule has 0 aliphatic rings. The van der Waals surface area contributed by atoms with Gasteiger partial charge in [0.1, 0.15) is 0 Å².